The minimum absolute atomic E-state index is 0. The van der Waals surface area contributed by atoms with Crippen LogP contribution in [0.5, 0.6) is 0 Å². The molecule has 0 amide bonds. The summed E-state index contributed by atoms with van der Waals surface area (Å²) in [5.41, 5.74) is 0. The van der Waals surface area contributed by atoms with E-state index in [0.717, 1.165) is 0 Å². The fourth-order valence-electron chi connectivity index (χ4n) is 1.31. The quantitative estimate of drug-likeness (QED) is 0.332. The van der Waals surface area contributed by atoms with Gasteiger partial charge >= 0.3 is 46.6 Å². The molecule has 0 aliphatic rings. The molecular weight excluding hydrogens is 619 g/mol. The molecule has 1 N–H and O–H groups in total. The molecule has 0 spiro atoms. The van der Waals surface area contributed by atoms with Gasteiger partial charge in [-0.05, 0) is 0 Å². The Morgan fingerprint density at radius 1 is 0.382 bits per heavy atom. The van der Waals surface area contributed by atoms with Crippen molar-refractivity contribution >= 4 is 71.4 Å². The van der Waals surface area contributed by atoms with Gasteiger partial charge in [0.05, 0.1) is 0 Å². The van der Waals surface area contributed by atoms with Crippen LogP contribution in [0, 0.1) is 0 Å². The Morgan fingerprint density at radius 2 is 0.559 bits per heavy atom. The molecular formula is C8HF18KNO4S2. The summed E-state index contributed by atoms with van der Waals surface area (Å²) >= 11 is 0. The topological polar surface area (TPSA) is 80.3 Å². The molecule has 0 rings (SSSR count). The summed E-state index contributed by atoms with van der Waals surface area (Å²) in [6.07, 6.45) is -15.5. The zero-order valence-electron chi connectivity index (χ0n) is 14.8. The van der Waals surface area contributed by atoms with Crippen molar-refractivity contribution in [3.05, 3.63) is 0 Å². The van der Waals surface area contributed by atoms with Crippen molar-refractivity contribution in [2.75, 3.05) is 0 Å². The second kappa shape index (κ2) is 9.21. The van der Waals surface area contributed by atoms with Crippen molar-refractivity contribution in [2.24, 2.45) is 0 Å². The van der Waals surface area contributed by atoms with Gasteiger partial charge in [0.2, 0.25) is 0 Å². The maximum absolute atomic E-state index is 13.2. The number of alkyl halides is 18. The second-order valence-corrected chi connectivity index (χ2v) is 9.12. The van der Waals surface area contributed by atoms with Gasteiger partial charge in [0.25, 0.3) is 20.0 Å². The van der Waals surface area contributed by atoms with E-state index in [1.165, 1.54) is 0 Å². The third kappa shape index (κ3) is 5.14. The van der Waals surface area contributed by atoms with Crippen LogP contribution in [-0.4, -0.2) is 115 Å². The van der Waals surface area contributed by atoms with Gasteiger partial charge in [-0.1, -0.05) is 4.13 Å². The number of halogens is 18. The first kappa shape index (κ1) is 36.4. The fourth-order valence-corrected chi connectivity index (χ4v) is 4.23. The molecule has 0 aromatic heterocycles. The molecule has 0 aliphatic carbocycles. The van der Waals surface area contributed by atoms with Crippen LogP contribution in [0.25, 0.3) is 0 Å². The molecule has 0 unspecified atom stereocenters. The van der Waals surface area contributed by atoms with Crippen LogP contribution in [0.3, 0.4) is 0 Å². The maximum atomic E-state index is 13.2. The first-order valence-electron chi connectivity index (χ1n) is 6.38. The summed E-state index contributed by atoms with van der Waals surface area (Å²) in [5.74, 6) is -32.9. The van der Waals surface area contributed by atoms with E-state index in [2.05, 4.69) is 0 Å². The molecule has 5 nitrogen and oxygen atoms in total. The summed E-state index contributed by atoms with van der Waals surface area (Å²) < 4.78 is 268. The number of hydrogen-bond donors (Lipinski definition) is 1. The fraction of sp³-hybridized carbons (Fsp3) is 1.00. The summed E-state index contributed by atoms with van der Waals surface area (Å²) in [5, 5.41) is -16.3. The third-order valence-electron chi connectivity index (χ3n) is 3.13. The van der Waals surface area contributed by atoms with Gasteiger partial charge in [-0.3, -0.25) is 0 Å². The van der Waals surface area contributed by atoms with E-state index >= 15 is 0 Å². The van der Waals surface area contributed by atoms with Crippen LogP contribution in [0.2, 0.25) is 0 Å². The summed E-state index contributed by atoms with van der Waals surface area (Å²) in [7, 11) is -17.4. The minimum atomic E-state index is -8.68. The molecule has 201 valence electrons. The van der Waals surface area contributed by atoms with E-state index in [4.69, 9.17) is 0 Å². The van der Waals surface area contributed by atoms with Crippen LogP contribution in [0.1, 0.15) is 0 Å². The van der Waals surface area contributed by atoms with Gasteiger partial charge in [0, 0.05) is 51.4 Å². The van der Waals surface area contributed by atoms with Crippen molar-refractivity contribution < 1.29 is 95.9 Å². The predicted molar refractivity (Wildman–Crippen MR) is 68.5 cm³/mol. The first-order valence-corrected chi connectivity index (χ1v) is 9.35. The molecule has 0 heterocycles. The standard InChI is InChI=1S/C8HF18NO4S2.K/c9-1(10,5(17,18)19)3(13,14)7(23,24)32(28,29)27-33(30,31)8(25,26)4(15,16)2(11,12)6(20,21)22;/h27H;. The van der Waals surface area contributed by atoms with Crippen LogP contribution in [-0.2, 0) is 20.0 Å². The molecule has 0 aromatic carbocycles. The van der Waals surface area contributed by atoms with Crippen LogP contribution < -0.4 is 4.13 Å². The smallest absolute Gasteiger partial charge is 0.205 e. The molecule has 1 radical (unpaired) electrons. The van der Waals surface area contributed by atoms with Crippen LogP contribution in [0.4, 0.5) is 79.0 Å². The Labute approximate surface area is 216 Å². The van der Waals surface area contributed by atoms with Gasteiger partial charge < -0.3 is 0 Å². The van der Waals surface area contributed by atoms with Crippen LogP contribution >= 0.6 is 0 Å². The molecule has 0 saturated carbocycles. The van der Waals surface area contributed by atoms with E-state index < -0.39 is 70.7 Å². The normalized spacial score (nSPS) is 16.3. The maximum Gasteiger partial charge on any atom is 0.460 e. The second-order valence-electron chi connectivity index (χ2n) is 5.42. The van der Waals surface area contributed by atoms with Crippen molar-refractivity contribution in [3.8, 4) is 0 Å². The zero-order chi connectivity index (χ0) is 27.7. The van der Waals surface area contributed by atoms with Gasteiger partial charge in [0.15, 0.2) is 0 Å². The SMILES string of the molecule is O=S(=O)(NS(=O)(=O)C(F)(F)C(F)(F)C(F)(F)C(F)(F)F)C(F)(F)C(F)(F)C(F)(F)C(F)(F)F.[K]. The number of sulfonamides is 2. The minimum Gasteiger partial charge on any atom is -0.205 e. The number of nitrogens with one attached hydrogen (secondary N) is 1. The van der Waals surface area contributed by atoms with E-state index in [1.54, 1.807) is 0 Å². The first-order chi connectivity index (χ1) is 13.7. The molecule has 0 aliphatic heterocycles. The summed E-state index contributed by atoms with van der Waals surface area (Å²) in [6, 6.07) is 0. The van der Waals surface area contributed by atoms with E-state index in [9.17, 15) is 95.9 Å². The Morgan fingerprint density at radius 3 is 0.706 bits per heavy atom. The van der Waals surface area contributed by atoms with Gasteiger partial charge in [-0.15, -0.1) is 0 Å². The van der Waals surface area contributed by atoms with Crippen LogP contribution in [0.15, 0.2) is 0 Å². The zero-order valence-corrected chi connectivity index (χ0v) is 19.5. The molecule has 0 bridgehead atoms. The summed E-state index contributed by atoms with van der Waals surface area (Å²) in [6.45, 7) is 0. The number of hydrogen-bond acceptors (Lipinski definition) is 4. The predicted octanol–water partition coefficient (Wildman–Crippen LogP) is 3.71. The van der Waals surface area contributed by atoms with Gasteiger partial charge in [-0.2, -0.15) is 79.0 Å². The van der Waals surface area contributed by atoms with E-state index in [0.29, 0.717) is 0 Å². The van der Waals surface area contributed by atoms with Gasteiger partial charge in [0.1, 0.15) is 0 Å². The van der Waals surface area contributed by atoms with Gasteiger partial charge in [-0.25, -0.2) is 16.8 Å². The van der Waals surface area contributed by atoms with Crippen molar-refractivity contribution in [1.82, 2.24) is 4.13 Å². The Bertz CT molecular complexity index is 887. The van der Waals surface area contributed by atoms with Crippen molar-refractivity contribution in [2.45, 2.75) is 46.6 Å². The largest absolute Gasteiger partial charge is 0.460 e. The molecule has 0 fully saturated rings. The van der Waals surface area contributed by atoms with E-state index in [1.807, 2.05) is 0 Å². The van der Waals surface area contributed by atoms with Crippen molar-refractivity contribution in [3.63, 3.8) is 0 Å². The van der Waals surface area contributed by atoms with Crippen molar-refractivity contribution in [1.29, 1.82) is 0 Å². The molecule has 26 heteroatoms. The Hall–Kier alpha value is 0.236. The third-order valence-corrected chi connectivity index (χ3v) is 6.74. The molecule has 0 aromatic rings. The Kier molecular flexibility index (Phi) is 9.86. The number of rotatable bonds is 8. The monoisotopic (exact) mass is 620 g/mol. The summed E-state index contributed by atoms with van der Waals surface area (Å²) in [4.78, 5) is 0. The average molecular weight is 620 g/mol. The average Bonchev–Trinajstić information content (AvgIpc) is 2.50. The van der Waals surface area contributed by atoms with E-state index in [-0.39, 0.29) is 51.4 Å². The molecule has 0 atom stereocenters. The molecule has 0 saturated heterocycles. The Balaban J connectivity index is 0. The molecule has 34 heavy (non-hydrogen) atoms.